The van der Waals surface area contributed by atoms with Crippen LogP contribution in [-0.2, 0) is 10.1 Å². The van der Waals surface area contributed by atoms with E-state index in [1.54, 1.807) is 12.1 Å². The topological polar surface area (TPSA) is 60.4 Å². The van der Waals surface area contributed by atoms with Gasteiger partial charge in [-0.15, -0.1) is 0 Å². The molecule has 1 rings (SSSR count). The van der Waals surface area contributed by atoms with Crippen LogP contribution in [0.15, 0.2) is 29.2 Å². The van der Waals surface area contributed by atoms with Gasteiger partial charge in [0.05, 0.1) is 4.90 Å². The van der Waals surface area contributed by atoms with Crippen LogP contribution in [0.1, 0.15) is 13.8 Å². The van der Waals surface area contributed by atoms with Crippen molar-refractivity contribution in [1.29, 1.82) is 0 Å². The van der Waals surface area contributed by atoms with Crippen LogP contribution in [0.25, 0.3) is 0 Å². The number of hydrogen-bond donors (Lipinski definition) is 0. The second kappa shape index (κ2) is 6.31. The maximum atomic E-state index is 10.8. The fraction of sp³-hybridized carbons (Fsp3) is 0.400. The number of hydrogen-bond acceptors (Lipinski definition) is 4. The van der Waals surface area contributed by atoms with Crippen LogP contribution in [0.4, 0.5) is 5.69 Å². The first-order valence-electron chi connectivity index (χ1n) is 4.80. The van der Waals surface area contributed by atoms with E-state index < -0.39 is 10.1 Å². The van der Waals surface area contributed by atoms with Gasteiger partial charge in [0.1, 0.15) is 10.1 Å². The van der Waals surface area contributed by atoms with Crippen LogP contribution in [0.3, 0.4) is 0 Å². The van der Waals surface area contributed by atoms with Crippen LogP contribution >= 0.6 is 0 Å². The van der Waals surface area contributed by atoms with Gasteiger partial charge in [-0.2, -0.15) is 0 Å². The molecule has 0 bridgehead atoms. The van der Waals surface area contributed by atoms with Gasteiger partial charge in [-0.3, -0.25) is 0 Å². The minimum atomic E-state index is -4.35. The second-order valence-electron chi connectivity index (χ2n) is 3.12. The van der Waals surface area contributed by atoms with Gasteiger partial charge in [0, 0.05) is 18.8 Å². The van der Waals surface area contributed by atoms with E-state index in [0.29, 0.717) is 0 Å². The summed E-state index contributed by atoms with van der Waals surface area (Å²) >= 11 is 0. The van der Waals surface area contributed by atoms with Crippen LogP contribution in [0.2, 0.25) is 0 Å². The van der Waals surface area contributed by atoms with Gasteiger partial charge < -0.3 is 9.45 Å². The number of anilines is 1. The molecule has 0 amide bonds. The molecule has 1 aromatic rings. The standard InChI is InChI=1S/C10H15NO3S.Li/c1-3-11(4-2)9-6-5-7-10(8-9)15(12,13)14;/h5-8H,3-4H2,1-2H3,(H,12,13,14);/q;+1/p-1. The molecule has 0 spiro atoms. The molecule has 0 aromatic heterocycles. The largest absolute Gasteiger partial charge is 1.00 e. The van der Waals surface area contributed by atoms with E-state index in [-0.39, 0.29) is 23.8 Å². The summed E-state index contributed by atoms with van der Waals surface area (Å²) in [5.41, 5.74) is 0.761. The molecule has 16 heavy (non-hydrogen) atoms. The van der Waals surface area contributed by atoms with Crippen molar-refractivity contribution >= 4 is 15.8 Å². The van der Waals surface area contributed by atoms with E-state index in [0.717, 1.165) is 18.8 Å². The molecule has 0 unspecified atom stereocenters. The zero-order valence-corrected chi connectivity index (χ0v) is 10.6. The van der Waals surface area contributed by atoms with Crippen molar-refractivity contribution in [3.05, 3.63) is 24.3 Å². The zero-order chi connectivity index (χ0) is 11.5. The van der Waals surface area contributed by atoms with Crippen molar-refractivity contribution in [1.82, 2.24) is 0 Å². The van der Waals surface area contributed by atoms with Crippen LogP contribution < -0.4 is 23.8 Å². The third-order valence-electron chi connectivity index (χ3n) is 2.23. The van der Waals surface area contributed by atoms with E-state index in [2.05, 4.69) is 0 Å². The minimum Gasteiger partial charge on any atom is -0.744 e. The first-order valence-corrected chi connectivity index (χ1v) is 6.20. The molecular formula is C10H14LiNO3S. The van der Waals surface area contributed by atoms with Crippen LogP contribution in [-0.4, -0.2) is 26.1 Å². The van der Waals surface area contributed by atoms with E-state index in [9.17, 15) is 13.0 Å². The fourth-order valence-corrected chi connectivity index (χ4v) is 1.93. The minimum absolute atomic E-state index is 0. The number of benzene rings is 1. The Balaban J connectivity index is 0.00000225. The average Bonchev–Trinajstić information content (AvgIpc) is 2.19. The Morgan fingerprint density at radius 2 is 1.81 bits per heavy atom. The Bertz CT molecular complexity index is 429. The van der Waals surface area contributed by atoms with Gasteiger partial charge in [-0.05, 0) is 32.0 Å². The summed E-state index contributed by atoms with van der Waals surface area (Å²) in [4.78, 5) is 1.81. The third-order valence-corrected chi connectivity index (χ3v) is 3.07. The monoisotopic (exact) mass is 235 g/mol. The third kappa shape index (κ3) is 3.84. The number of rotatable bonds is 4. The normalized spacial score (nSPS) is 10.7. The van der Waals surface area contributed by atoms with Crippen LogP contribution in [0, 0.1) is 0 Å². The van der Waals surface area contributed by atoms with Gasteiger partial charge >= 0.3 is 18.9 Å². The molecule has 0 aliphatic rings. The summed E-state index contributed by atoms with van der Waals surface area (Å²) in [6.07, 6.45) is 0. The Labute approximate surface area is 109 Å². The molecule has 0 saturated heterocycles. The Morgan fingerprint density at radius 1 is 1.25 bits per heavy atom. The molecule has 6 heteroatoms. The van der Waals surface area contributed by atoms with Gasteiger partial charge in [0.25, 0.3) is 0 Å². The second-order valence-corrected chi connectivity index (χ2v) is 4.50. The van der Waals surface area contributed by atoms with Gasteiger partial charge in [-0.25, -0.2) is 8.42 Å². The molecule has 0 radical (unpaired) electrons. The summed E-state index contributed by atoms with van der Waals surface area (Å²) in [6.45, 7) is 5.50. The maximum absolute atomic E-state index is 10.8. The van der Waals surface area contributed by atoms with E-state index in [4.69, 9.17) is 0 Å². The molecule has 0 heterocycles. The average molecular weight is 235 g/mol. The van der Waals surface area contributed by atoms with E-state index in [1.807, 2.05) is 18.7 Å². The molecule has 0 fully saturated rings. The summed E-state index contributed by atoms with van der Waals surface area (Å²) < 4.78 is 32.4. The van der Waals surface area contributed by atoms with Gasteiger partial charge in [0.15, 0.2) is 0 Å². The van der Waals surface area contributed by atoms with E-state index in [1.165, 1.54) is 12.1 Å². The molecule has 84 valence electrons. The Kier molecular flexibility index (Phi) is 6.12. The van der Waals surface area contributed by atoms with Crippen molar-refractivity contribution in [2.75, 3.05) is 18.0 Å². The summed E-state index contributed by atoms with van der Waals surface area (Å²) in [7, 11) is -4.35. The molecule has 0 aliphatic carbocycles. The molecule has 0 atom stereocenters. The molecule has 0 aliphatic heterocycles. The molecule has 0 N–H and O–H groups in total. The van der Waals surface area contributed by atoms with Gasteiger partial charge in [-0.1, -0.05) is 6.07 Å². The predicted molar refractivity (Wildman–Crippen MR) is 58.0 cm³/mol. The molecule has 0 saturated carbocycles. The summed E-state index contributed by atoms with van der Waals surface area (Å²) in [5.74, 6) is 0. The van der Waals surface area contributed by atoms with Crippen molar-refractivity contribution in [2.24, 2.45) is 0 Å². The Morgan fingerprint density at radius 3 is 2.25 bits per heavy atom. The maximum Gasteiger partial charge on any atom is 1.00 e. The fourth-order valence-electron chi connectivity index (χ4n) is 1.42. The smallest absolute Gasteiger partial charge is 0.744 e. The predicted octanol–water partition coefficient (Wildman–Crippen LogP) is -1.56. The first kappa shape index (κ1) is 15.5. The SMILES string of the molecule is CCN(CC)c1cccc(S(=O)(=O)[O-])c1.[Li+]. The van der Waals surface area contributed by atoms with E-state index >= 15 is 0 Å². The zero-order valence-electron chi connectivity index (χ0n) is 9.80. The first-order chi connectivity index (χ1) is 6.99. The Hall–Kier alpha value is -0.473. The quantitative estimate of drug-likeness (QED) is 0.468. The van der Waals surface area contributed by atoms with Crippen molar-refractivity contribution in [2.45, 2.75) is 18.7 Å². The summed E-state index contributed by atoms with van der Waals surface area (Å²) in [6, 6.07) is 6.10. The van der Waals surface area contributed by atoms with Gasteiger partial charge in [0.2, 0.25) is 0 Å². The summed E-state index contributed by atoms with van der Waals surface area (Å²) in [5, 5.41) is 0. The van der Waals surface area contributed by atoms with Crippen molar-refractivity contribution in [3.63, 3.8) is 0 Å². The number of nitrogens with zero attached hydrogens (tertiary/aromatic N) is 1. The molecular weight excluding hydrogens is 221 g/mol. The van der Waals surface area contributed by atoms with Crippen molar-refractivity contribution < 1.29 is 31.8 Å². The molecule has 4 nitrogen and oxygen atoms in total. The van der Waals surface area contributed by atoms with Crippen molar-refractivity contribution in [3.8, 4) is 0 Å². The molecule has 1 aromatic carbocycles. The van der Waals surface area contributed by atoms with Crippen LogP contribution in [0.5, 0.6) is 0 Å².